The Bertz CT molecular complexity index is 378. The predicted octanol–water partition coefficient (Wildman–Crippen LogP) is 2.46. The zero-order valence-corrected chi connectivity index (χ0v) is 9.64. The molecule has 0 saturated carbocycles. The van der Waals surface area contributed by atoms with Gasteiger partial charge in [0.05, 0.1) is 12.7 Å². The molecule has 0 aliphatic rings. The molecular weight excluding hydrogens is 259 g/mol. The third-order valence-corrected chi connectivity index (χ3v) is 2.04. The molecule has 0 fully saturated rings. The summed E-state index contributed by atoms with van der Waals surface area (Å²) in [6, 6.07) is 2.76. The molecule has 0 amide bonds. The Labute approximate surface area is 102 Å². The van der Waals surface area contributed by atoms with Gasteiger partial charge in [-0.05, 0) is 17.7 Å². The second kappa shape index (κ2) is 5.88. The van der Waals surface area contributed by atoms with Crippen LogP contribution < -0.4 is 5.73 Å². The first-order chi connectivity index (χ1) is 7.36. The Morgan fingerprint density at radius 3 is 2.12 bits per heavy atom. The molecule has 0 spiro atoms. The van der Waals surface area contributed by atoms with Crippen LogP contribution in [-0.4, -0.2) is 19.3 Å². The van der Waals surface area contributed by atoms with Gasteiger partial charge < -0.3 is 10.5 Å². The topological polar surface area (TPSA) is 52.3 Å². The van der Waals surface area contributed by atoms with E-state index < -0.39 is 18.2 Å². The maximum absolute atomic E-state index is 12.2. The highest BCUT2D eigenvalue weighted by Crippen LogP contribution is 2.30. The summed E-state index contributed by atoms with van der Waals surface area (Å²) in [5, 5.41) is 0. The SMILES string of the molecule is COC(=O)c1ccc([C@@H](N)C(F)(F)F)cc1.Cl. The van der Waals surface area contributed by atoms with E-state index in [1.807, 2.05) is 0 Å². The molecular formula is C10H11ClF3NO2. The van der Waals surface area contributed by atoms with Crippen molar-refractivity contribution in [3.05, 3.63) is 35.4 Å². The lowest BCUT2D eigenvalue weighted by molar-refractivity contribution is -0.149. The summed E-state index contributed by atoms with van der Waals surface area (Å²) >= 11 is 0. The van der Waals surface area contributed by atoms with Crippen molar-refractivity contribution in [1.29, 1.82) is 0 Å². The first kappa shape index (κ1) is 15.7. The number of hydrogen-bond donors (Lipinski definition) is 1. The van der Waals surface area contributed by atoms with Crippen molar-refractivity contribution in [3.8, 4) is 0 Å². The molecule has 96 valence electrons. The fraction of sp³-hybridized carbons (Fsp3) is 0.300. The van der Waals surface area contributed by atoms with Crippen LogP contribution in [0.2, 0.25) is 0 Å². The normalized spacial score (nSPS) is 12.5. The number of alkyl halides is 3. The van der Waals surface area contributed by atoms with Gasteiger partial charge in [0.1, 0.15) is 6.04 Å². The van der Waals surface area contributed by atoms with Gasteiger partial charge in [-0.2, -0.15) is 13.2 Å². The smallest absolute Gasteiger partial charge is 0.407 e. The van der Waals surface area contributed by atoms with Crippen molar-refractivity contribution >= 4 is 18.4 Å². The van der Waals surface area contributed by atoms with Gasteiger partial charge in [0.25, 0.3) is 0 Å². The second-order valence-corrected chi connectivity index (χ2v) is 3.13. The van der Waals surface area contributed by atoms with Crippen LogP contribution in [0.4, 0.5) is 13.2 Å². The van der Waals surface area contributed by atoms with E-state index in [0.29, 0.717) is 0 Å². The minimum atomic E-state index is -4.49. The molecule has 0 saturated heterocycles. The summed E-state index contributed by atoms with van der Waals surface area (Å²) in [4.78, 5) is 11.0. The van der Waals surface area contributed by atoms with Gasteiger partial charge in [-0.15, -0.1) is 12.4 Å². The van der Waals surface area contributed by atoms with Crippen molar-refractivity contribution in [2.75, 3.05) is 7.11 Å². The fourth-order valence-corrected chi connectivity index (χ4v) is 1.13. The van der Waals surface area contributed by atoms with E-state index in [1.54, 1.807) is 0 Å². The van der Waals surface area contributed by atoms with Gasteiger partial charge in [0.2, 0.25) is 0 Å². The van der Waals surface area contributed by atoms with Crippen molar-refractivity contribution < 1.29 is 22.7 Å². The summed E-state index contributed by atoms with van der Waals surface area (Å²) < 4.78 is 41.1. The molecule has 0 bridgehead atoms. The molecule has 0 unspecified atom stereocenters. The highest BCUT2D eigenvalue weighted by atomic mass is 35.5. The van der Waals surface area contributed by atoms with Crippen molar-refractivity contribution in [2.24, 2.45) is 5.73 Å². The molecule has 3 nitrogen and oxygen atoms in total. The summed E-state index contributed by atoms with van der Waals surface area (Å²) in [5.74, 6) is -0.605. The van der Waals surface area contributed by atoms with Gasteiger partial charge in [0.15, 0.2) is 0 Å². The molecule has 1 rings (SSSR count). The van der Waals surface area contributed by atoms with E-state index in [2.05, 4.69) is 4.74 Å². The monoisotopic (exact) mass is 269 g/mol. The molecule has 0 aromatic heterocycles. The quantitative estimate of drug-likeness (QED) is 0.839. The molecule has 17 heavy (non-hydrogen) atoms. The molecule has 1 aromatic carbocycles. The van der Waals surface area contributed by atoms with Crippen molar-refractivity contribution in [2.45, 2.75) is 12.2 Å². The standard InChI is InChI=1S/C10H10F3NO2.ClH/c1-16-9(15)7-4-2-6(3-5-7)8(14)10(11,12)13;/h2-5,8H,14H2,1H3;1H/t8-;/m1./s1. The van der Waals surface area contributed by atoms with Crippen LogP contribution in [0.3, 0.4) is 0 Å². The minimum Gasteiger partial charge on any atom is -0.465 e. The molecule has 0 radical (unpaired) electrons. The van der Waals surface area contributed by atoms with E-state index >= 15 is 0 Å². The van der Waals surface area contributed by atoms with Crippen LogP contribution >= 0.6 is 12.4 Å². The zero-order chi connectivity index (χ0) is 12.3. The number of esters is 1. The Morgan fingerprint density at radius 1 is 1.29 bits per heavy atom. The number of carbonyl (C=O) groups is 1. The summed E-state index contributed by atoms with van der Waals surface area (Å²) in [7, 11) is 1.19. The molecule has 0 heterocycles. The number of benzene rings is 1. The van der Waals surface area contributed by atoms with E-state index in [9.17, 15) is 18.0 Å². The number of rotatable bonds is 2. The van der Waals surface area contributed by atoms with Crippen molar-refractivity contribution in [3.63, 3.8) is 0 Å². The Hall–Kier alpha value is -1.27. The van der Waals surface area contributed by atoms with Gasteiger partial charge in [-0.1, -0.05) is 12.1 Å². The van der Waals surface area contributed by atoms with Crippen molar-refractivity contribution in [1.82, 2.24) is 0 Å². The second-order valence-electron chi connectivity index (χ2n) is 3.13. The average molecular weight is 270 g/mol. The number of ether oxygens (including phenoxy) is 1. The summed E-state index contributed by atoms with van der Waals surface area (Å²) in [5.41, 5.74) is 5.07. The maximum atomic E-state index is 12.2. The maximum Gasteiger partial charge on any atom is 0.407 e. The van der Waals surface area contributed by atoms with Crippen LogP contribution in [0.25, 0.3) is 0 Å². The summed E-state index contributed by atoms with van der Waals surface area (Å²) in [6.07, 6.45) is -4.49. The molecule has 1 atom stereocenters. The number of carbonyl (C=O) groups excluding carboxylic acids is 1. The lowest BCUT2D eigenvalue weighted by Crippen LogP contribution is -2.28. The Morgan fingerprint density at radius 2 is 1.76 bits per heavy atom. The highest BCUT2D eigenvalue weighted by Gasteiger charge is 2.37. The van der Waals surface area contributed by atoms with Gasteiger partial charge in [0, 0.05) is 0 Å². The fourth-order valence-electron chi connectivity index (χ4n) is 1.13. The molecule has 0 aliphatic carbocycles. The number of nitrogens with two attached hydrogens (primary N) is 1. The molecule has 0 aliphatic heterocycles. The molecule has 7 heteroatoms. The molecule has 2 N–H and O–H groups in total. The van der Waals surface area contributed by atoms with Crippen LogP contribution in [0.15, 0.2) is 24.3 Å². The van der Waals surface area contributed by atoms with E-state index in [4.69, 9.17) is 5.73 Å². The van der Waals surface area contributed by atoms with Crippen LogP contribution in [0, 0.1) is 0 Å². The largest absolute Gasteiger partial charge is 0.465 e. The number of methoxy groups -OCH3 is 1. The van der Waals surface area contributed by atoms with Crippen LogP contribution in [-0.2, 0) is 4.74 Å². The number of halogens is 4. The average Bonchev–Trinajstić information content (AvgIpc) is 2.26. The minimum absolute atomic E-state index is 0. The summed E-state index contributed by atoms with van der Waals surface area (Å²) in [6.45, 7) is 0. The molecule has 1 aromatic rings. The van der Waals surface area contributed by atoms with Gasteiger partial charge >= 0.3 is 12.1 Å². The third-order valence-electron chi connectivity index (χ3n) is 2.04. The predicted molar refractivity (Wildman–Crippen MR) is 58.0 cm³/mol. The first-order valence-electron chi connectivity index (χ1n) is 4.37. The van der Waals surface area contributed by atoms with Crippen LogP contribution in [0.1, 0.15) is 22.0 Å². The Balaban J connectivity index is 0.00000256. The van der Waals surface area contributed by atoms with Gasteiger partial charge in [-0.3, -0.25) is 0 Å². The van der Waals surface area contributed by atoms with E-state index in [0.717, 1.165) is 12.1 Å². The Kier molecular flexibility index (Phi) is 5.44. The lowest BCUT2D eigenvalue weighted by Gasteiger charge is -2.15. The first-order valence-corrected chi connectivity index (χ1v) is 4.37. The third kappa shape index (κ3) is 3.90. The van der Waals surface area contributed by atoms with E-state index in [-0.39, 0.29) is 23.5 Å². The van der Waals surface area contributed by atoms with E-state index in [1.165, 1.54) is 19.2 Å². The zero-order valence-electron chi connectivity index (χ0n) is 8.82. The lowest BCUT2D eigenvalue weighted by atomic mass is 10.1. The number of hydrogen-bond acceptors (Lipinski definition) is 3. The van der Waals surface area contributed by atoms with Crippen LogP contribution in [0.5, 0.6) is 0 Å². The highest BCUT2D eigenvalue weighted by molar-refractivity contribution is 5.89. The van der Waals surface area contributed by atoms with Gasteiger partial charge in [-0.25, -0.2) is 4.79 Å².